The molecule has 2 aromatic carbocycles. The zero-order valence-electron chi connectivity index (χ0n) is 12.2. The number of carbonyl (C=O) groups is 1. The van der Waals surface area contributed by atoms with Gasteiger partial charge >= 0.3 is 11.8 Å². The summed E-state index contributed by atoms with van der Waals surface area (Å²) in [5.74, 6) is -0.969. The molecule has 0 aromatic heterocycles. The van der Waals surface area contributed by atoms with Crippen LogP contribution in [-0.4, -0.2) is 35.8 Å². The van der Waals surface area contributed by atoms with Crippen molar-refractivity contribution in [3.8, 4) is 5.75 Å². The number of Topliss-reactive ketones (excluding diaryl/α,β-unsaturated/α-hetero) is 1. The number of carbonyl (C=O) groups excluding carboxylic acids is 1. The molecule has 7 heteroatoms. The molecule has 1 aliphatic rings. The molecule has 23 heavy (non-hydrogen) atoms. The second-order valence-electron chi connectivity index (χ2n) is 5.81. The molecule has 122 valence electrons. The minimum absolute atomic E-state index is 0.0685. The lowest BCUT2D eigenvalue weighted by atomic mass is 9.95. The fourth-order valence-electron chi connectivity index (χ4n) is 3.08. The number of halogens is 3. The van der Waals surface area contributed by atoms with E-state index in [1.165, 1.54) is 6.07 Å². The first kappa shape index (κ1) is 15.8. The van der Waals surface area contributed by atoms with E-state index in [1.807, 2.05) is 0 Å². The molecule has 2 aromatic rings. The van der Waals surface area contributed by atoms with E-state index in [-0.39, 0.29) is 11.3 Å². The molecule has 0 unspecified atom stereocenters. The molecule has 0 aliphatic carbocycles. The topological polar surface area (TPSA) is 70.5 Å². The van der Waals surface area contributed by atoms with E-state index in [2.05, 4.69) is 0 Å². The van der Waals surface area contributed by atoms with Crippen LogP contribution in [0.1, 0.15) is 16.8 Å². The Kier molecular flexibility index (Phi) is 3.77. The number of aromatic hydroxyl groups is 1. The van der Waals surface area contributed by atoms with Gasteiger partial charge in [-0.15, -0.1) is 0 Å². The summed E-state index contributed by atoms with van der Waals surface area (Å²) in [6.07, 6.45) is -5.21. The van der Waals surface area contributed by atoms with Crippen LogP contribution in [0.25, 0.3) is 10.8 Å². The minimum Gasteiger partial charge on any atom is -0.507 e. The van der Waals surface area contributed by atoms with Crippen LogP contribution in [0.2, 0.25) is 0 Å². The summed E-state index contributed by atoms with van der Waals surface area (Å²) in [4.78, 5) is 12.4. The van der Waals surface area contributed by atoms with Crippen LogP contribution in [0.15, 0.2) is 36.4 Å². The van der Waals surface area contributed by atoms with Gasteiger partial charge in [-0.1, -0.05) is 30.3 Å². The summed E-state index contributed by atoms with van der Waals surface area (Å²) in [6, 6.07) is 9.90. The molecule has 0 radical (unpaired) electrons. The third-order valence-corrected chi connectivity index (χ3v) is 4.37. The highest BCUT2D eigenvalue weighted by atomic mass is 19.4. The number of hydrogen-bond acceptors (Lipinski definition) is 2. The van der Waals surface area contributed by atoms with Gasteiger partial charge in [0.2, 0.25) is 0 Å². The SMILES string of the molecule is O=C(CC1(C(F)(F)F)[NH2+]CC[NH2+]1)c1ccc2ccccc2c1O. The van der Waals surface area contributed by atoms with Crippen LogP contribution in [-0.2, 0) is 0 Å². The highest BCUT2D eigenvalue weighted by molar-refractivity contribution is 6.04. The number of nitrogens with two attached hydrogens (primary N) is 2. The standard InChI is InChI=1S/C16H15F3N2O2/c17-16(18,19)15(20-7-8-21-15)9-13(22)12-6-5-10-3-1-2-4-11(10)14(12)23/h1-6,20-21,23H,7-9H2/p+2. The average Bonchev–Trinajstić information content (AvgIpc) is 2.97. The van der Waals surface area contributed by atoms with Crippen molar-refractivity contribution in [1.82, 2.24) is 0 Å². The molecule has 0 amide bonds. The van der Waals surface area contributed by atoms with Gasteiger partial charge in [-0.05, 0) is 11.5 Å². The van der Waals surface area contributed by atoms with Gasteiger partial charge in [-0.3, -0.25) is 15.4 Å². The number of benzene rings is 2. The van der Waals surface area contributed by atoms with Crippen molar-refractivity contribution in [3.05, 3.63) is 42.0 Å². The molecule has 1 fully saturated rings. The number of ketones is 1. The molecule has 0 bridgehead atoms. The van der Waals surface area contributed by atoms with Crippen LogP contribution < -0.4 is 10.6 Å². The zero-order valence-corrected chi connectivity index (χ0v) is 12.2. The van der Waals surface area contributed by atoms with Crippen LogP contribution >= 0.6 is 0 Å². The first-order valence-electron chi connectivity index (χ1n) is 7.33. The molecule has 5 N–H and O–H groups in total. The van der Waals surface area contributed by atoms with Crippen molar-refractivity contribution in [1.29, 1.82) is 0 Å². The van der Waals surface area contributed by atoms with Crippen molar-refractivity contribution in [2.45, 2.75) is 18.3 Å². The van der Waals surface area contributed by atoms with Crippen molar-refractivity contribution >= 4 is 16.6 Å². The predicted molar refractivity (Wildman–Crippen MR) is 76.9 cm³/mol. The van der Waals surface area contributed by atoms with Crippen molar-refractivity contribution in [3.63, 3.8) is 0 Å². The largest absolute Gasteiger partial charge is 0.507 e. The van der Waals surface area contributed by atoms with E-state index in [4.69, 9.17) is 0 Å². The summed E-state index contributed by atoms with van der Waals surface area (Å²) >= 11 is 0. The summed E-state index contributed by atoms with van der Waals surface area (Å²) in [5, 5.41) is 13.8. The maximum absolute atomic E-state index is 13.4. The molecule has 3 rings (SSSR count). The van der Waals surface area contributed by atoms with Crippen LogP contribution in [0.5, 0.6) is 5.75 Å². The molecule has 0 saturated carbocycles. The number of alkyl halides is 3. The summed E-state index contributed by atoms with van der Waals surface area (Å²) in [7, 11) is 0. The van der Waals surface area contributed by atoms with E-state index in [1.54, 1.807) is 30.3 Å². The van der Waals surface area contributed by atoms with Crippen LogP contribution in [0.3, 0.4) is 0 Å². The maximum atomic E-state index is 13.4. The Balaban J connectivity index is 1.96. The molecular weight excluding hydrogens is 309 g/mol. The predicted octanol–water partition coefficient (Wildman–Crippen LogP) is 0.517. The fourth-order valence-corrected chi connectivity index (χ4v) is 3.08. The van der Waals surface area contributed by atoms with Crippen molar-refractivity contribution in [2.24, 2.45) is 0 Å². The fraction of sp³-hybridized carbons (Fsp3) is 0.312. The Bertz CT molecular complexity index is 753. The molecule has 4 nitrogen and oxygen atoms in total. The van der Waals surface area contributed by atoms with E-state index in [0.717, 1.165) is 16.0 Å². The monoisotopic (exact) mass is 326 g/mol. The highest BCUT2D eigenvalue weighted by Crippen LogP contribution is 2.32. The number of quaternary nitrogens is 2. The lowest BCUT2D eigenvalue weighted by Gasteiger charge is -2.24. The van der Waals surface area contributed by atoms with Gasteiger partial charge in [0.15, 0.2) is 5.78 Å². The van der Waals surface area contributed by atoms with E-state index >= 15 is 0 Å². The van der Waals surface area contributed by atoms with Crippen molar-refractivity contribution in [2.75, 3.05) is 13.1 Å². The zero-order chi connectivity index (χ0) is 16.7. The smallest absolute Gasteiger partial charge is 0.503 e. The Labute approximate surface area is 130 Å². The van der Waals surface area contributed by atoms with Gasteiger partial charge in [0.25, 0.3) is 0 Å². The molecule has 1 aliphatic heterocycles. The third-order valence-electron chi connectivity index (χ3n) is 4.37. The average molecular weight is 326 g/mol. The van der Waals surface area contributed by atoms with Gasteiger partial charge in [-0.2, -0.15) is 13.2 Å². The lowest BCUT2D eigenvalue weighted by molar-refractivity contribution is -0.911. The van der Waals surface area contributed by atoms with Gasteiger partial charge in [0.1, 0.15) is 25.3 Å². The number of phenols is 1. The van der Waals surface area contributed by atoms with Gasteiger partial charge in [0.05, 0.1) is 5.56 Å². The Morgan fingerprint density at radius 3 is 2.43 bits per heavy atom. The summed E-state index contributed by atoms with van der Waals surface area (Å²) < 4.78 is 40.1. The molecule has 1 heterocycles. The normalized spacial score (nSPS) is 17.5. The highest BCUT2D eigenvalue weighted by Gasteiger charge is 2.65. The first-order valence-corrected chi connectivity index (χ1v) is 7.33. The number of phenolic OH excluding ortho intramolecular Hbond substituents is 1. The number of hydrogen-bond donors (Lipinski definition) is 3. The first-order chi connectivity index (χ1) is 10.8. The second kappa shape index (κ2) is 5.50. The Morgan fingerprint density at radius 2 is 1.78 bits per heavy atom. The second-order valence-corrected chi connectivity index (χ2v) is 5.81. The number of fused-ring (bicyclic) bond motifs is 1. The lowest BCUT2D eigenvalue weighted by Crippen LogP contribution is -3.15. The number of rotatable bonds is 3. The molecule has 0 spiro atoms. The van der Waals surface area contributed by atoms with E-state index < -0.39 is 24.0 Å². The van der Waals surface area contributed by atoms with Gasteiger partial charge < -0.3 is 5.11 Å². The summed E-state index contributed by atoms with van der Waals surface area (Å²) in [5.41, 5.74) is -2.26. The van der Waals surface area contributed by atoms with Crippen LogP contribution in [0, 0.1) is 0 Å². The van der Waals surface area contributed by atoms with Crippen LogP contribution in [0.4, 0.5) is 13.2 Å². The maximum Gasteiger partial charge on any atom is 0.503 e. The third kappa shape index (κ3) is 2.66. The summed E-state index contributed by atoms with van der Waals surface area (Å²) in [6.45, 7) is 0.604. The molecule has 0 atom stereocenters. The van der Waals surface area contributed by atoms with Gasteiger partial charge in [-0.25, -0.2) is 0 Å². The Hall–Kier alpha value is -2.12. The quantitative estimate of drug-likeness (QED) is 0.720. The van der Waals surface area contributed by atoms with E-state index in [0.29, 0.717) is 18.5 Å². The Morgan fingerprint density at radius 1 is 1.13 bits per heavy atom. The molecular formula is C16H17F3N2O2+2. The molecule has 1 saturated heterocycles. The van der Waals surface area contributed by atoms with Crippen molar-refractivity contribution < 1.29 is 33.7 Å². The van der Waals surface area contributed by atoms with E-state index in [9.17, 15) is 23.1 Å². The van der Waals surface area contributed by atoms with Gasteiger partial charge in [0, 0.05) is 5.39 Å². The minimum atomic E-state index is -4.51.